The van der Waals surface area contributed by atoms with E-state index in [0.29, 0.717) is 12.4 Å². The average molecular weight is 296 g/mol. The minimum Gasteiger partial charge on any atom is -0.376 e. The first-order valence-electron chi connectivity index (χ1n) is 7.13. The van der Waals surface area contributed by atoms with E-state index in [1.54, 1.807) is 6.92 Å². The summed E-state index contributed by atoms with van der Waals surface area (Å²) in [6.07, 6.45) is 3.35. The molecule has 1 aromatic rings. The molecule has 2 saturated heterocycles. The van der Waals surface area contributed by atoms with Crippen molar-refractivity contribution in [3.63, 3.8) is 0 Å². The van der Waals surface area contributed by atoms with Crippen molar-refractivity contribution in [1.82, 2.24) is 20.1 Å². The second-order valence-electron chi connectivity index (χ2n) is 5.35. The maximum absolute atomic E-state index is 12.6. The molecule has 0 aromatic carbocycles. The number of thioether (sulfide) groups is 1. The third-order valence-corrected chi connectivity index (χ3v) is 4.96. The molecule has 2 atom stereocenters. The summed E-state index contributed by atoms with van der Waals surface area (Å²) in [5, 5.41) is 6.75. The summed E-state index contributed by atoms with van der Waals surface area (Å²) >= 11 is 1.90. The second-order valence-corrected chi connectivity index (χ2v) is 6.50. The summed E-state index contributed by atoms with van der Waals surface area (Å²) in [7, 11) is 0. The van der Waals surface area contributed by atoms with Crippen LogP contribution in [-0.2, 0) is 4.74 Å². The first-order chi connectivity index (χ1) is 9.74. The van der Waals surface area contributed by atoms with Gasteiger partial charge in [-0.15, -0.1) is 5.10 Å². The van der Waals surface area contributed by atoms with Gasteiger partial charge in [-0.3, -0.25) is 9.89 Å². The molecule has 110 valence electrons. The van der Waals surface area contributed by atoms with Gasteiger partial charge >= 0.3 is 0 Å². The fraction of sp³-hybridized carbons (Fsp3) is 0.769. The molecule has 1 aromatic heterocycles. The van der Waals surface area contributed by atoms with Gasteiger partial charge in [0.15, 0.2) is 0 Å². The Balaban J connectivity index is 1.74. The van der Waals surface area contributed by atoms with Crippen molar-refractivity contribution in [1.29, 1.82) is 0 Å². The highest BCUT2D eigenvalue weighted by Crippen LogP contribution is 2.25. The van der Waals surface area contributed by atoms with Gasteiger partial charge in [-0.2, -0.15) is 11.8 Å². The van der Waals surface area contributed by atoms with E-state index >= 15 is 0 Å². The smallest absolute Gasteiger partial charge is 0.293 e. The van der Waals surface area contributed by atoms with Gasteiger partial charge in [0.1, 0.15) is 5.82 Å². The highest BCUT2D eigenvalue weighted by molar-refractivity contribution is 7.99. The lowest BCUT2D eigenvalue weighted by atomic mass is 10.1. The predicted octanol–water partition coefficient (Wildman–Crippen LogP) is 1.24. The van der Waals surface area contributed by atoms with Crippen molar-refractivity contribution in [2.24, 2.45) is 0 Å². The number of aromatic amines is 1. The number of rotatable bonds is 4. The van der Waals surface area contributed by atoms with Gasteiger partial charge in [0.2, 0.25) is 5.82 Å². The Bertz CT molecular complexity index is 467. The van der Waals surface area contributed by atoms with Crippen LogP contribution in [0.1, 0.15) is 35.7 Å². The van der Waals surface area contributed by atoms with Gasteiger partial charge in [-0.05, 0) is 31.9 Å². The summed E-state index contributed by atoms with van der Waals surface area (Å²) in [5.74, 6) is 3.00. The maximum Gasteiger partial charge on any atom is 0.293 e. The van der Waals surface area contributed by atoms with Crippen molar-refractivity contribution >= 4 is 17.7 Å². The lowest BCUT2D eigenvalue weighted by Gasteiger charge is -2.29. The number of aromatic nitrogens is 3. The predicted molar refractivity (Wildman–Crippen MR) is 76.9 cm³/mol. The van der Waals surface area contributed by atoms with Crippen LogP contribution in [0, 0.1) is 6.92 Å². The van der Waals surface area contributed by atoms with Crippen molar-refractivity contribution in [3.8, 4) is 0 Å². The molecule has 0 bridgehead atoms. The van der Waals surface area contributed by atoms with Crippen LogP contribution in [-0.4, -0.2) is 62.8 Å². The second kappa shape index (κ2) is 6.13. The fourth-order valence-electron chi connectivity index (χ4n) is 2.74. The lowest BCUT2D eigenvalue weighted by molar-refractivity contribution is 0.0433. The van der Waals surface area contributed by atoms with E-state index in [9.17, 15) is 4.79 Å². The number of amides is 1. The van der Waals surface area contributed by atoms with Gasteiger partial charge < -0.3 is 9.64 Å². The van der Waals surface area contributed by atoms with Gasteiger partial charge in [-0.1, -0.05) is 0 Å². The SMILES string of the molecule is Cc1nc(C(=O)N(CC2CCCO2)C2CCSC2)n[nH]1. The van der Waals surface area contributed by atoms with Crippen LogP contribution in [0.25, 0.3) is 0 Å². The summed E-state index contributed by atoms with van der Waals surface area (Å²) in [6, 6.07) is 0.288. The van der Waals surface area contributed by atoms with Crippen LogP contribution in [0.2, 0.25) is 0 Å². The van der Waals surface area contributed by atoms with Crippen molar-refractivity contribution < 1.29 is 9.53 Å². The molecule has 3 heterocycles. The Labute approximate surface area is 122 Å². The van der Waals surface area contributed by atoms with Crippen LogP contribution < -0.4 is 0 Å². The van der Waals surface area contributed by atoms with E-state index in [1.165, 1.54) is 0 Å². The van der Waals surface area contributed by atoms with Gasteiger partial charge in [0, 0.05) is 24.9 Å². The van der Waals surface area contributed by atoms with E-state index < -0.39 is 0 Å². The van der Waals surface area contributed by atoms with Crippen molar-refractivity contribution in [3.05, 3.63) is 11.6 Å². The van der Waals surface area contributed by atoms with Crippen LogP contribution in [0.15, 0.2) is 0 Å². The standard InChI is InChI=1S/C13H20N4O2S/c1-9-14-12(16-15-9)13(18)17(10-4-6-20-8-10)7-11-3-2-5-19-11/h10-11H,2-8H2,1H3,(H,14,15,16). The molecule has 20 heavy (non-hydrogen) atoms. The zero-order valence-corrected chi connectivity index (χ0v) is 12.5. The average Bonchev–Trinajstić information content (AvgIpc) is 3.17. The van der Waals surface area contributed by atoms with E-state index in [1.807, 2.05) is 16.7 Å². The third kappa shape index (κ3) is 2.98. The molecule has 3 rings (SSSR count). The minimum atomic E-state index is -0.0719. The molecule has 2 aliphatic rings. The largest absolute Gasteiger partial charge is 0.376 e. The zero-order chi connectivity index (χ0) is 13.9. The molecule has 6 nitrogen and oxygen atoms in total. The fourth-order valence-corrected chi connectivity index (χ4v) is 3.96. The van der Waals surface area contributed by atoms with Crippen LogP contribution in [0.3, 0.4) is 0 Å². The van der Waals surface area contributed by atoms with Crippen molar-refractivity contribution in [2.45, 2.75) is 38.3 Å². The third-order valence-electron chi connectivity index (χ3n) is 3.82. The number of H-pyrrole nitrogens is 1. The molecular weight excluding hydrogens is 276 g/mol. The van der Waals surface area contributed by atoms with E-state index in [2.05, 4.69) is 15.2 Å². The number of nitrogens with one attached hydrogen (secondary N) is 1. The first kappa shape index (κ1) is 13.9. The number of hydrogen-bond acceptors (Lipinski definition) is 5. The molecule has 1 N–H and O–H groups in total. The Hall–Kier alpha value is -1.08. The summed E-state index contributed by atoms with van der Waals surface area (Å²) in [5.41, 5.74) is 0. The number of carbonyl (C=O) groups is 1. The number of aryl methyl sites for hydroxylation is 1. The van der Waals surface area contributed by atoms with Crippen LogP contribution in [0.5, 0.6) is 0 Å². The molecule has 0 saturated carbocycles. The first-order valence-corrected chi connectivity index (χ1v) is 8.29. The molecule has 2 fully saturated rings. The lowest BCUT2D eigenvalue weighted by Crippen LogP contribution is -2.45. The molecule has 0 aliphatic carbocycles. The number of carbonyl (C=O) groups excluding carboxylic acids is 1. The molecule has 0 radical (unpaired) electrons. The Kier molecular flexibility index (Phi) is 4.26. The van der Waals surface area contributed by atoms with E-state index in [0.717, 1.165) is 37.4 Å². The summed E-state index contributed by atoms with van der Waals surface area (Å²) in [4.78, 5) is 18.8. The maximum atomic E-state index is 12.6. The zero-order valence-electron chi connectivity index (χ0n) is 11.7. The van der Waals surface area contributed by atoms with Gasteiger partial charge in [0.25, 0.3) is 5.91 Å². The number of nitrogens with zero attached hydrogens (tertiary/aromatic N) is 3. The van der Waals surface area contributed by atoms with Crippen molar-refractivity contribution in [2.75, 3.05) is 24.7 Å². The monoisotopic (exact) mass is 296 g/mol. The Morgan fingerprint density at radius 3 is 3.05 bits per heavy atom. The van der Waals surface area contributed by atoms with E-state index in [4.69, 9.17) is 4.74 Å². The molecule has 7 heteroatoms. The topological polar surface area (TPSA) is 71.1 Å². The van der Waals surface area contributed by atoms with E-state index in [-0.39, 0.29) is 23.9 Å². The molecule has 0 spiro atoms. The number of ether oxygens (including phenoxy) is 1. The highest BCUT2D eigenvalue weighted by atomic mass is 32.2. The summed E-state index contributed by atoms with van der Waals surface area (Å²) < 4.78 is 5.68. The Morgan fingerprint density at radius 2 is 2.45 bits per heavy atom. The quantitative estimate of drug-likeness (QED) is 0.905. The van der Waals surface area contributed by atoms with Crippen LogP contribution in [0.4, 0.5) is 0 Å². The van der Waals surface area contributed by atoms with Gasteiger partial charge in [0.05, 0.1) is 6.10 Å². The molecular formula is C13H20N4O2S. The van der Waals surface area contributed by atoms with Gasteiger partial charge in [-0.25, -0.2) is 4.98 Å². The summed E-state index contributed by atoms with van der Waals surface area (Å²) in [6.45, 7) is 3.28. The molecule has 2 unspecified atom stereocenters. The normalized spacial score (nSPS) is 26.1. The highest BCUT2D eigenvalue weighted by Gasteiger charge is 2.32. The van der Waals surface area contributed by atoms with Crippen LogP contribution >= 0.6 is 11.8 Å². The molecule has 1 amide bonds. The minimum absolute atomic E-state index is 0.0719. The molecule has 2 aliphatic heterocycles. The Morgan fingerprint density at radius 1 is 1.55 bits per heavy atom. The number of hydrogen-bond donors (Lipinski definition) is 1.